The second kappa shape index (κ2) is 4.52. The van der Waals surface area contributed by atoms with Crippen molar-refractivity contribution >= 4 is 11.6 Å². The molecule has 0 unspecified atom stereocenters. The third-order valence-corrected chi connectivity index (χ3v) is 2.05. The van der Waals surface area contributed by atoms with Crippen LogP contribution in [0.4, 0.5) is 0 Å². The molecule has 0 saturated heterocycles. The zero-order chi connectivity index (χ0) is 12.3. The molecule has 0 atom stereocenters. The van der Waals surface area contributed by atoms with Crippen LogP contribution in [0.15, 0.2) is 24.3 Å². The summed E-state index contributed by atoms with van der Waals surface area (Å²) in [6.07, 6.45) is 0. The van der Waals surface area contributed by atoms with Crippen LogP contribution in [0.5, 0.6) is 0 Å². The third kappa shape index (κ3) is 1.88. The van der Waals surface area contributed by atoms with Gasteiger partial charge in [-0.3, -0.25) is 9.59 Å². The molecule has 0 aliphatic heterocycles. The maximum Gasteiger partial charge on any atom is 0.295 e. The van der Waals surface area contributed by atoms with Crippen LogP contribution in [-0.2, 0) is 0 Å². The normalized spacial score (nSPS) is 16.5. The van der Waals surface area contributed by atoms with Crippen molar-refractivity contribution in [3.63, 3.8) is 0 Å². The molecule has 5 heteroatoms. The second-order valence-corrected chi connectivity index (χ2v) is 3.19. The number of carbonyl (C=O) groups is 2. The molecule has 3 N–H and O–H groups in total. The molecule has 0 amide bonds. The van der Waals surface area contributed by atoms with Gasteiger partial charge in [0, 0.05) is 17.7 Å². The summed E-state index contributed by atoms with van der Waals surface area (Å²) in [6.45, 7) is 1.93. The summed E-state index contributed by atoms with van der Waals surface area (Å²) in [5, 5.41) is 25.8. The molecule has 1 aromatic carbocycles. The predicted octanol–water partition coefficient (Wildman–Crippen LogP) is -0.255. The van der Waals surface area contributed by atoms with Gasteiger partial charge in [-0.05, 0) is 6.92 Å². The minimum absolute atomic E-state index is 0.0671. The standard InChI is InChI=1S/C9H6O4.C2H6O/c10-7-5-3-1-2-4-6(5)8(11)9(7,12)13;1-2-3/h1-4,12-13H;3H,2H2,1H3. The molecule has 0 bridgehead atoms. The van der Waals surface area contributed by atoms with Crippen LogP contribution in [0.3, 0.4) is 0 Å². The first kappa shape index (κ1) is 12.5. The maximum absolute atomic E-state index is 11.2. The van der Waals surface area contributed by atoms with Crippen molar-refractivity contribution in [2.75, 3.05) is 6.61 Å². The average molecular weight is 224 g/mol. The number of carbonyl (C=O) groups excluding carboxylic acids is 2. The van der Waals surface area contributed by atoms with E-state index in [0.717, 1.165) is 0 Å². The number of aliphatic hydroxyl groups is 3. The Morgan fingerprint density at radius 3 is 1.69 bits per heavy atom. The highest BCUT2D eigenvalue weighted by Gasteiger charge is 2.50. The van der Waals surface area contributed by atoms with E-state index in [1.807, 2.05) is 0 Å². The topological polar surface area (TPSA) is 94.8 Å². The lowest BCUT2D eigenvalue weighted by molar-refractivity contribution is -0.0857. The molecular formula is C11H12O5. The predicted molar refractivity (Wildman–Crippen MR) is 55.0 cm³/mol. The number of ketones is 2. The van der Waals surface area contributed by atoms with Crippen molar-refractivity contribution in [2.45, 2.75) is 12.7 Å². The summed E-state index contributed by atoms with van der Waals surface area (Å²) in [6, 6.07) is 5.91. The maximum atomic E-state index is 11.2. The van der Waals surface area contributed by atoms with Gasteiger partial charge < -0.3 is 15.3 Å². The van der Waals surface area contributed by atoms with E-state index in [2.05, 4.69) is 0 Å². The van der Waals surface area contributed by atoms with Gasteiger partial charge in [0.05, 0.1) is 0 Å². The lowest BCUT2D eigenvalue weighted by atomic mass is 10.1. The van der Waals surface area contributed by atoms with E-state index in [4.69, 9.17) is 15.3 Å². The molecule has 2 rings (SSSR count). The number of hydrogen-bond acceptors (Lipinski definition) is 5. The number of rotatable bonds is 0. The highest BCUT2D eigenvalue weighted by Crippen LogP contribution is 2.27. The smallest absolute Gasteiger partial charge is 0.295 e. The first-order valence-electron chi connectivity index (χ1n) is 4.71. The van der Waals surface area contributed by atoms with E-state index in [1.54, 1.807) is 19.1 Å². The summed E-state index contributed by atoms with van der Waals surface area (Å²) in [7, 11) is 0. The zero-order valence-corrected chi connectivity index (χ0v) is 8.67. The zero-order valence-electron chi connectivity index (χ0n) is 8.67. The lowest BCUT2D eigenvalue weighted by Crippen LogP contribution is -2.40. The summed E-state index contributed by atoms with van der Waals surface area (Å²) >= 11 is 0. The highest BCUT2D eigenvalue weighted by molar-refractivity contribution is 6.30. The van der Waals surface area contributed by atoms with Crippen molar-refractivity contribution in [1.82, 2.24) is 0 Å². The largest absolute Gasteiger partial charge is 0.397 e. The number of hydrogen-bond donors (Lipinski definition) is 3. The van der Waals surface area contributed by atoms with Crippen molar-refractivity contribution in [3.05, 3.63) is 35.4 Å². The Hall–Kier alpha value is -1.56. The monoisotopic (exact) mass is 224 g/mol. The Morgan fingerprint density at radius 2 is 1.38 bits per heavy atom. The molecule has 0 fully saturated rings. The third-order valence-electron chi connectivity index (χ3n) is 2.05. The van der Waals surface area contributed by atoms with Crippen molar-refractivity contribution < 1.29 is 24.9 Å². The van der Waals surface area contributed by atoms with Crippen molar-refractivity contribution in [2.24, 2.45) is 0 Å². The summed E-state index contributed by atoms with van der Waals surface area (Å²) in [5.74, 6) is -4.76. The molecule has 0 spiro atoms. The fourth-order valence-corrected chi connectivity index (χ4v) is 1.36. The fraction of sp³-hybridized carbons (Fsp3) is 0.273. The van der Waals surface area contributed by atoms with Crippen LogP contribution in [0.2, 0.25) is 0 Å². The van der Waals surface area contributed by atoms with Crippen molar-refractivity contribution in [1.29, 1.82) is 0 Å². The molecule has 1 aliphatic carbocycles. The minimum atomic E-state index is -2.86. The molecule has 5 nitrogen and oxygen atoms in total. The molecule has 16 heavy (non-hydrogen) atoms. The second-order valence-electron chi connectivity index (χ2n) is 3.19. The van der Waals surface area contributed by atoms with Gasteiger partial charge in [-0.2, -0.15) is 0 Å². The van der Waals surface area contributed by atoms with Crippen LogP contribution < -0.4 is 0 Å². The Morgan fingerprint density at radius 1 is 1.06 bits per heavy atom. The Kier molecular flexibility index (Phi) is 3.54. The molecule has 1 aliphatic rings. The van der Waals surface area contributed by atoms with E-state index < -0.39 is 17.4 Å². The average Bonchev–Trinajstić information content (AvgIpc) is 2.43. The molecule has 86 valence electrons. The van der Waals surface area contributed by atoms with Crippen LogP contribution >= 0.6 is 0 Å². The lowest BCUT2D eigenvalue weighted by Gasteiger charge is -2.08. The van der Waals surface area contributed by atoms with Crippen LogP contribution in [-0.4, -0.2) is 39.3 Å². The minimum Gasteiger partial charge on any atom is -0.397 e. The quantitative estimate of drug-likeness (QED) is 0.417. The Balaban J connectivity index is 0.000000386. The van der Waals surface area contributed by atoms with Gasteiger partial charge in [0.1, 0.15) is 0 Å². The van der Waals surface area contributed by atoms with Gasteiger partial charge in [-0.15, -0.1) is 0 Å². The van der Waals surface area contributed by atoms with E-state index in [9.17, 15) is 9.59 Å². The van der Waals surface area contributed by atoms with Crippen LogP contribution in [0.1, 0.15) is 27.6 Å². The first-order chi connectivity index (χ1) is 7.46. The summed E-state index contributed by atoms with van der Waals surface area (Å²) in [4.78, 5) is 22.4. The van der Waals surface area contributed by atoms with Gasteiger partial charge in [-0.1, -0.05) is 24.3 Å². The van der Waals surface area contributed by atoms with Gasteiger partial charge in [0.15, 0.2) is 0 Å². The molecule has 1 aromatic rings. The Labute approximate surface area is 92.0 Å². The van der Waals surface area contributed by atoms with Crippen LogP contribution in [0, 0.1) is 0 Å². The molecule has 0 aromatic heterocycles. The fourth-order valence-electron chi connectivity index (χ4n) is 1.36. The van der Waals surface area contributed by atoms with Crippen LogP contribution in [0.25, 0.3) is 0 Å². The van der Waals surface area contributed by atoms with E-state index in [0.29, 0.717) is 0 Å². The first-order valence-corrected chi connectivity index (χ1v) is 4.71. The van der Waals surface area contributed by atoms with Gasteiger partial charge in [-0.25, -0.2) is 0 Å². The van der Waals surface area contributed by atoms with Crippen molar-refractivity contribution in [3.8, 4) is 0 Å². The Bertz CT molecular complexity index is 385. The number of Topliss-reactive ketones (excluding diaryl/α,β-unsaturated/α-hetero) is 2. The summed E-state index contributed by atoms with van der Waals surface area (Å²) < 4.78 is 0. The number of benzene rings is 1. The van der Waals surface area contributed by atoms with E-state index in [-0.39, 0.29) is 17.7 Å². The summed E-state index contributed by atoms with van der Waals surface area (Å²) in [5.41, 5.74) is 0.134. The van der Waals surface area contributed by atoms with Gasteiger partial charge in [0.2, 0.25) is 11.6 Å². The number of aliphatic hydroxyl groups excluding tert-OH is 1. The SMILES string of the molecule is CCO.O=C1c2ccccc2C(=O)C1(O)O. The molecule has 0 radical (unpaired) electrons. The van der Waals surface area contributed by atoms with E-state index >= 15 is 0 Å². The molecular weight excluding hydrogens is 212 g/mol. The van der Waals surface area contributed by atoms with Gasteiger partial charge >= 0.3 is 0 Å². The molecule has 0 saturated carbocycles. The van der Waals surface area contributed by atoms with E-state index in [1.165, 1.54) is 12.1 Å². The highest BCUT2D eigenvalue weighted by atomic mass is 16.5. The number of fused-ring (bicyclic) bond motifs is 1. The molecule has 0 heterocycles. The van der Waals surface area contributed by atoms with Gasteiger partial charge in [0.25, 0.3) is 5.79 Å².